The molecule has 0 bridgehead atoms. The third kappa shape index (κ3) is 5.99. The van der Waals surface area contributed by atoms with Gasteiger partial charge in [-0.05, 0) is 37.1 Å². The first-order chi connectivity index (χ1) is 16.9. The maximum absolute atomic E-state index is 12.9. The van der Waals surface area contributed by atoms with Crippen LogP contribution in [0.5, 0.6) is 5.75 Å². The fourth-order valence-electron chi connectivity index (χ4n) is 3.54. The number of hydrogen-bond donors (Lipinski definition) is 2. The summed E-state index contributed by atoms with van der Waals surface area (Å²) in [5.41, 5.74) is 0.0452. The monoisotopic (exact) mass is 526 g/mol. The number of aliphatic imine (C=N–C) groups is 1. The first-order valence-corrected chi connectivity index (χ1v) is 12.4. The van der Waals surface area contributed by atoms with Gasteiger partial charge in [0.05, 0.1) is 22.4 Å². The smallest absolute Gasteiger partial charge is 0.405 e. The van der Waals surface area contributed by atoms with Crippen LogP contribution in [0.2, 0.25) is 0 Å². The molecule has 1 saturated carbocycles. The van der Waals surface area contributed by atoms with Crippen LogP contribution >= 0.6 is 0 Å². The molecule has 1 aliphatic heterocycles. The Bertz CT molecular complexity index is 1300. The van der Waals surface area contributed by atoms with Crippen molar-refractivity contribution >= 4 is 27.5 Å². The van der Waals surface area contributed by atoms with E-state index in [2.05, 4.69) is 20.0 Å². The molecule has 2 aliphatic rings. The minimum atomic E-state index is -5.10. The van der Waals surface area contributed by atoms with Crippen LogP contribution in [0.25, 0.3) is 0 Å². The number of alkyl halides is 3. The minimum Gasteiger partial charge on any atom is -0.405 e. The van der Waals surface area contributed by atoms with E-state index in [9.17, 15) is 36.3 Å². The number of aliphatic hydroxyl groups excluding tert-OH is 1. The maximum Gasteiger partial charge on any atom is 0.573 e. The lowest BCUT2D eigenvalue weighted by atomic mass is 10.1. The third-order valence-corrected chi connectivity index (χ3v) is 7.79. The van der Waals surface area contributed by atoms with Crippen LogP contribution in [0.1, 0.15) is 30.5 Å². The number of amides is 3. The third-order valence-electron chi connectivity index (χ3n) is 5.53. The molecule has 2 heterocycles. The highest BCUT2D eigenvalue weighted by Gasteiger charge is 2.38. The lowest BCUT2D eigenvalue weighted by molar-refractivity contribution is -0.275. The highest BCUT2D eigenvalue weighted by atomic mass is 32.2. The minimum absolute atomic E-state index is 0.0342. The van der Waals surface area contributed by atoms with Crippen molar-refractivity contribution in [1.29, 1.82) is 0 Å². The van der Waals surface area contributed by atoms with Crippen molar-refractivity contribution in [2.75, 3.05) is 0 Å². The van der Waals surface area contributed by atoms with Crippen LogP contribution < -0.4 is 10.1 Å². The molecule has 10 nitrogen and oxygen atoms in total. The van der Waals surface area contributed by atoms with Gasteiger partial charge >= 0.3 is 12.4 Å². The number of carbonyl (C=O) groups excluding carboxylic acids is 2. The molecule has 14 heteroatoms. The number of nitrogens with zero attached hydrogens (tertiary/aromatic N) is 3. The number of urea groups is 1. The zero-order valence-corrected chi connectivity index (χ0v) is 19.4. The number of ether oxygens (including phenoxy) is 1. The predicted molar refractivity (Wildman–Crippen MR) is 118 cm³/mol. The number of benzene rings is 1. The quantitative estimate of drug-likeness (QED) is 0.538. The first kappa shape index (κ1) is 25.6. The largest absolute Gasteiger partial charge is 0.573 e. The highest BCUT2D eigenvalue weighted by molar-refractivity contribution is 7.92. The van der Waals surface area contributed by atoms with Crippen LogP contribution in [0.3, 0.4) is 0 Å². The van der Waals surface area contributed by atoms with Crippen molar-refractivity contribution in [2.24, 2.45) is 4.99 Å². The summed E-state index contributed by atoms with van der Waals surface area (Å²) in [6.45, 7) is -0.511. The number of aromatic nitrogens is 1. The number of aliphatic hydroxyl groups is 1. The number of hydrogen-bond acceptors (Lipinski definition) is 7. The van der Waals surface area contributed by atoms with E-state index in [1.165, 1.54) is 6.20 Å². The Morgan fingerprint density at radius 2 is 1.97 bits per heavy atom. The normalized spacial score (nSPS) is 18.6. The summed E-state index contributed by atoms with van der Waals surface area (Å²) in [6.07, 6.45) is -4.39. The predicted octanol–water partition coefficient (Wildman–Crippen LogP) is 2.32. The second-order valence-electron chi connectivity index (χ2n) is 8.22. The van der Waals surface area contributed by atoms with E-state index in [-0.39, 0.29) is 29.1 Å². The second kappa shape index (κ2) is 9.85. The molecule has 36 heavy (non-hydrogen) atoms. The molecule has 1 atom stereocenters. The van der Waals surface area contributed by atoms with Gasteiger partial charge in [0, 0.05) is 24.7 Å². The van der Waals surface area contributed by atoms with E-state index in [0.29, 0.717) is 18.5 Å². The summed E-state index contributed by atoms with van der Waals surface area (Å²) in [5.74, 6) is -1.65. The van der Waals surface area contributed by atoms with Crippen molar-refractivity contribution < 1.29 is 41.0 Å². The van der Waals surface area contributed by atoms with Crippen LogP contribution in [-0.2, 0) is 27.7 Å². The molecule has 1 aliphatic carbocycles. The molecule has 2 N–H and O–H groups in total. The molecule has 0 radical (unpaired) electrons. The molecular weight excluding hydrogens is 505 g/mol. The van der Waals surface area contributed by atoms with Gasteiger partial charge in [0.2, 0.25) is 0 Å². The highest BCUT2D eigenvalue weighted by Crippen LogP contribution is 2.36. The van der Waals surface area contributed by atoms with Gasteiger partial charge in [-0.25, -0.2) is 13.2 Å². The molecular formula is C22H21F3N4O6S. The Balaban J connectivity index is 1.47. The van der Waals surface area contributed by atoms with E-state index < -0.39 is 51.9 Å². The van der Waals surface area contributed by atoms with Gasteiger partial charge in [0.1, 0.15) is 17.7 Å². The Morgan fingerprint density at radius 1 is 1.22 bits per heavy atom. The molecule has 0 spiro atoms. The summed E-state index contributed by atoms with van der Waals surface area (Å²) < 4.78 is 67.6. The van der Waals surface area contributed by atoms with E-state index in [4.69, 9.17) is 0 Å². The summed E-state index contributed by atoms with van der Waals surface area (Å²) in [5, 5.41) is 12.0. The number of nitrogens with one attached hydrogen (secondary N) is 1. The summed E-state index contributed by atoms with van der Waals surface area (Å²) in [4.78, 5) is 33.4. The summed E-state index contributed by atoms with van der Waals surface area (Å²) >= 11 is 0. The Hall–Kier alpha value is -3.52. The van der Waals surface area contributed by atoms with Crippen LogP contribution in [0, 0.1) is 0 Å². The van der Waals surface area contributed by atoms with Crippen molar-refractivity contribution in [3.05, 3.63) is 53.9 Å². The zero-order chi connectivity index (χ0) is 26.1. The molecule has 1 fully saturated rings. The average Bonchev–Trinajstić information content (AvgIpc) is 3.66. The second-order valence-corrected chi connectivity index (χ2v) is 10.4. The molecule has 4 rings (SSSR count). The fourth-order valence-corrected chi connectivity index (χ4v) is 5.22. The zero-order valence-electron chi connectivity index (χ0n) is 18.6. The summed E-state index contributed by atoms with van der Waals surface area (Å²) in [6, 6.07) is 7.21. The van der Waals surface area contributed by atoms with Crippen LogP contribution in [-0.4, -0.2) is 58.9 Å². The number of carbonyl (C=O) groups is 2. The Labute approximate surface area is 203 Å². The average molecular weight is 526 g/mol. The molecule has 1 unspecified atom stereocenters. The molecule has 3 amide bonds. The Kier molecular flexibility index (Phi) is 7.00. The lowest BCUT2D eigenvalue weighted by Gasteiger charge is -2.29. The van der Waals surface area contributed by atoms with E-state index >= 15 is 0 Å². The van der Waals surface area contributed by atoms with E-state index in [0.717, 1.165) is 23.1 Å². The van der Waals surface area contributed by atoms with Gasteiger partial charge in [-0.1, -0.05) is 12.1 Å². The first-order valence-electron chi connectivity index (χ1n) is 10.8. The van der Waals surface area contributed by atoms with Gasteiger partial charge in [0.15, 0.2) is 9.84 Å². The van der Waals surface area contributed by atoms with Crippen LogP contribution in [0.15, 0.2) is 52.5 Å². The number of rotatable bonds is 8. The van der Waals surface area contributed by atoms with Crippen LogP contribution in [0.4, 0.5) is 18.0 Å². The SMILES string of the molecule is O=C(NCc1ccc(S(=O)(=O)C2CC2)cc1OC(F)(F)F)C1=NC(=O)N(Cc2ccccn2)C(O)C1. The van der Waals surface area contributed by atoms with Crippen molar-refractivity contribution in [3.63, 3.8) is 0 Å². The van der Waals surface area contributed by atoms with Crippen molar-refractivity contribution in [1.82, 2.24) is 15.2 Å². The standard InChI is InChI=1S/C22H21F3N4O6S/c23-22(24,25)35-18-9-16(36(33,34)15-6-7-15)5-4-13(18)11-27-20(31)17-10-19(30)29(21(32)28-17)12-14-3-1-2-8-26-14/h1-5,8-9,15,19,30H,6-7,10-12H2,(H,27,31). The molecule has 2 aromatic rings. The van der Waals surface area contributed by atoms with E-state index in [1.807, 2.05) is 0 Å². The van der Waals surface area contributed by atoms with Gasteiger partial charge in [-0.2, -0.15) is 4.99 Å². The lowest BCUT2D eigenvalue weighted by Crippen LogP contribution is -2.47. The fraction of sp³-hybridized carbons (Fsp3) is 0.364. The van der Waals surface area contributed by atoms with Gasteiger partial charge in [0.25, 0.3) is 5.91 Å². The molecule has 192 valence electrons. The number of halogens is 3. The number of pyridine rings is 1. The van der Waals surface area contributed by atoms with E-state index in [1.54, 1.807) is 18.2 Å². The van der Waals surface area contributed by atoms with Crippen molar-refractivity contribution in [3.8, 4) is 5.75 Å². The van der Waals surface area contributed by atoms with Gasteiger partial charge < -0.3 is 15.2 Å². The number of sulfone groups is 1. The maximum atomic E-state index is 12.9. The molecule has 1 aromatic carbocycles. The molecule has 0 saturated heterocycles. The van der Waals surface area contributed by atoms with Gasteiger partial charge in [-0.15, -0.1) is 13.2 Å². The molecule has 1 aromatic heterocycles. The Morgan fingerprint density at radius 3 is 2.58 bits per heavy atom. The summed E-state index contributed by atoms with van der Waals surface area (Å²) in [7, 11) is -3.78. The topological polar surface area (TPSA) is 138 Å². The van der Waals surface area contributed by atoms with Crippen molar-refractivity contribution in [2.45, 2.75) is 55.1 Å². The van der Waals surface area contributed by atoms with Gasteiger partial charge in [-0.3, -0.25) is 14.7 Å².